The van der Waals surface area contributed by atoms with Crippen molar-refractivity contribution in [3.63, 3.8) is 0 Å². The first-order chi connectivity index (χ1) is 10.3. The Balaban J connectivity index is 1.82. The lowest BCUT2D eigenvalue weighted by molar-refractivity contribution is -0.208. The third kappa shape index (κ3) is 4.54. The van der Waals surface area contributed by atoms with Crippen molar-refractivity contribution in [3.8, 4) is 5.75 Å². The Labute approximate surface area is 124 Å². The Morgan fingerprint density at radius 3 is 2.41 bits per heavy atom. The molecule has 0 spiro atoms. The Hall–Kier alpha value is -1.41. The summed E-state index contributed by atoms with van der Waals surface area (Å²) in [6.45, 7) is 0.127. The molecule has 1 fully saturated rings. The predicted molar refractivity (Wildman–Crippen MR) is 68.5 cm³/mol. The first kappa shape index (κ1) is 17.0. The van der Waals surface area contributed by atoms with Crippen LogP contribution in [0.2, 0.25) is 0 Å². The van der Waals surface area contributed by atoms with Gasteiger partial charge >= 0.3 is 6.18 Å². The molecule has 2 rings (SSSR count). The molecule has 1 atom stereocenters. The molecule has 1 saturated heterocycles. The van der Waals surface area contributed by atoms with Gasteiger partial charge in [0.1, 0.15) is 11.9 Å². The van der Waals surface area contributed by atoms with E-state index in [1.165, 1.54) is 11.0 Å². The summed E-state index contributed by atoms with van der Waals surface area (Å²) in [5.41, 5.74) is 0. The zero-order valence-electron chi connectivity index (χ0n) is 11.6. The molecular weight excluding hydrogens is 309 g/mol. The number of likely N-dealkylation sites (tertiary alicyclic amines) is 1. The Bertz CT molecular complexity index is 500. The van der Waals surface area contributed by atoms with Crippen LogP contribution in [0.1, 0.15) is 12.8 Å². The Morgan fingerprint density at radius 1 is 1.23 bits per heavy atom. The largest absolute Gasteiger partial charge is 0.487 e. The molecule has 1 aromatic carbocycles. The number of hydrogen-bond acceptors (Lipinski definition) is 3. The maximum atomic E-state index is 13.5. The standard InChI is InChI=1S/C14H16F5NO2/c15-9-1-2-12(11(16)7-9)22-10-3-5-20(6-4-10)8-13(21)14(17,18)19/h1-2,7,10,13,21H,3-6,8H2. The summed E-state index contributed by atoms with van der Waals surface area (Å²) in [4.78, 5) is 1.49. The number of halogens is 5. The van der Waals surface area contributed by atoms with Crippen molar-refractivity contribution in [1.82, 2.24) is 4.90 Å². The van der Waals surface area contributed by atoms with Crippen molar-refractivity contribution in [2.24, 2.45) is 0 Å². The van der Waals surface area contributed by atoms with E-state index in [-0.39, 0.29) is 11.9 Å². The van der Waals surface area contributed by atoms with Gasteiger partial charge in [-0.3, -0.25) is 0 Å². The second kappa shape index (κ2) is 6.78. The highest BCUT2D eigenvalue weighted by Gasteiger charge is 2.39. The fraction of sp³-hybridized carbons (Fsp3) is 0.571. The van der Waals surface area contributed by atoms with Gasteiger partial charge in [-0.2, -0.15) is 13.2 Å². The summed E-state index contributed by atoms with van der Waals surface area (Å²) in [5.74, 6) is -1.59. The van der Waals surface area contributed by atoms with E-state index in [9.17, 15) is 22.0 Å². The highest BCUT2D eigenvalue weighted by molar-refractivity contribution is 5.25. The first-order valence-electron chi connectivity index (χ1n) is 6.84. The smallest absolute Gasteiger partial charge is 0.415 e. The maximum absolute atomic E-state index is 13.5. The molecule has 0 saturated carbocycles. The molecule has 0 aromatic heterocycles. The molecule has 0 amide bonds. The molecule has 8 heteroatoms. The van der Waals surface area contributed by atoms with Crippen molar-refractivity contribution in [2.75, 3.05) is 19.6 Å². The molecule has 3 nitrogen and oxygen atoms in total. The fourth-order valence-electron chi connectivity index (χ4n) is 2.31. The van der Waals surface area contributed by atoms with Crippen LogP contribution in [-0.4, -0.2) is 48.0 Å². The minimum absolute atomic E-state index is 0.0739. The molecule has 0 bridgehead atoms. The van der Waals surface area contributed by atoms with Crippen molar-refractivity contribution >= 4 is 0 Å². The number of rotatable bonds is 4. The van der Waals surface area contributed by atoms with Crippen LogP contribution in [0.25, 0.3) is 0 Å². The van der Waals surface area contributed by atoms with Gasteiger partial charge in [-0.15, -0.1) is 0 Å². The normalized spacial score (nSPS) is 19.2. The highest BCUT2D eigenvalue weighted by Crippen LogP contribution is 2.25. The van der Waals surface area contributed by atoms with E-state index < -0.39 is 30.5 Å². The third-order valence-electron chi connectivity index (χ3n) is 3.53. The second-order valence-corrected chi connectivity index (χ2v) is 5.25. The van der Waals surface area contributed by atoms with Crippen LogP contribution >= 0.6 is 0 Å². The minimum Gasteiger partial charge on any atom is -0.487 e. The van der Waals surface area contributed by atoms with Crippen LogP contribution in [-0.2, 0) is 0 Å². The zero-order valence-corrected chi connectivity index (χ0v) is 11.6. The van der Waals surface area contributed by atoms with E-state index >= 15 is 0 Å². The van der Waals surface area contributed by atoms with Crippen molar-refractivity contribution < 1.29 is 31.8 Å². The minimum atomic E-state index is -4.63. The number of hydrogen-bond donors (Lipinski definition) is 1. The predicted octanol–water partition coefficient (Wildman–Crippen LogP) is 2.73. The lowest BCUT2D eigenvalue weighted by atomic mass is 10.1. The van der Waals surface area contributed by atoms with Gasteiger partial charge in [0.15, 0.2) is 17.7 Å². The van der Waals surface area contributed by atoms with E-state index in [1.807, 2.05) is 0 Å². The number of aliphatic hydroxyl groups is 1. The van der Waals surface area contributed by atoms with Crippen LogP contribution < -0.4 is 4.74 Å². The molecule has 0 aliphatic carbocycles. The van der Waals surface area contributed by atoms with E-state index in [0.29, 0.717) is 32.0 Å². The molecule has 124 valence electrons. The quantitative estimate of drug-likeness (QED) is 0.864. The van der Waals surface area contributed by atoms with Crippen LogP contribution in [0.15, 0.2) is 18.2 Å². The average Bonchev–Trinajstić information content (AvgIpc) is 2.43. The molecule has 1 aliphatic heterocycles. The van der Waals surface area contributed by atoms with Crippen molar-refractivity contribution in [1.29, 1.82) is 0 Å². The zero-order chi connectivity index (χ0) is 16.3. The monoisotopic (exact) mass is 325 g/mol. The van der Waals surface area contributed by atoms with Crippen LogP contribution in [0.5, 0.6) is 5.75 Å². The van der Waals surface area contributed by atoms with Gasteiger partial charge in [-0.05, 0) is 25.0 Å². The number of ether oxygens (including phenoxy) is 1. The number of aliphatic hydroxyl groups excluding tert-OH is 1. The fourth-order valence-corrected chi connectivity index (χ4v) is 2.31. The number of benzene rings is 1. The van der Waals surface area contributed by atoms with Crippen molar-refractivity contribution in [3.05, 3.63) is 29.8 Å². The number of alkyl halides is 3. The summed E-state index contributed by atoms with van der Waals surface area (Å²) < 4.78 is 68.5. The summed E-state index contributed by atoms with van der Waals surface area (Å²) in [7, 11) is 0. The molecule has 1 N–H and O–H groups in total. The molecule has 0 radical (unpaired) electrons. The van der Waals surface area contributed by atoms with E-state index in [4.69, 9.17) is 9.84 Å². The van der Waals surface area contributed by atoms with E-state index in [0.717, 1.165) is 6.07 Å². The molecule has 22 heavy (non-hydrogen) atoms. The highest BCUT2D eigenvalue weighted by atomic mass is 19.4. The number of nitrogens with zero attached hydrogens (tertiary/aromatic N) is 1. The summed E-state index contributed by atoms with van der Waals surface area (Å²) in [6, 6.07) is 2.97. The van der Waals surface area contributed by atoms with Gasteiger partial charge in [0.2, 0.25) is 0 Å². The topological polar surface area (TPSA) is 32.7 Å². The van der Waals surface area contributed by atoms with Gasteiger partial charge < -0.3 is 14.7 Å². The molecular formula is C14H16F5NO2. The van der Waals surface area contributed by atoms with Crippen LogP contribution in [0, 0.1) is 11.6 Å². The van der Waals surface area contributed by atoms with Gasteiger partial charge in [0.25, 0.3) is 0 Å². The van der Waals surface area contributed by atoms with Crippen molar-refractivity contribution in [2.45, 2.75) is 31.2 Å². The summed E-state index contributed by atoms with van der Waals surface area (Å²) >= 11 is 0. The molecule has 1 aromatic rings. The van der Waals surface area contributed by atoms with Crippen LogP contribution in [0.4, 0.5) is 22.0 Å². The molecule has 1 unspecified atom stereocenters. The SMILES string of the molecule is OC(CN1CCC(Oc2ccc(F)cc2F)CC1)C(F)(F)F. The Kier molecular flexibility index (Phi) is 5.23. The Morgan fingerprint density at radius 2 is 1.86 bits per heavy atom. The first-order valence-corrected chi connectivity index (χ1v) is 6.84. The van der Waals surface area contributed by atoms with E-state index in [1.54, 1.807) is 0 Å². The molecule has 1 heterocycles. The second-order valence-electron chi connectivity index (χ2n) is 5.25. The van der Waals surface area contributed by atoms with Gasteiger partial charge in [-0.25, -0.2) is 8.78 Å². The van der Waals surface area contributed by atoms with Gasteiger partial charge in [0, 0.05) is 25.7 Å². The van der Waals surface area contributed by atoms with Crippen LogP contribution in [0.3, 0.4) is 0 Å². The lowest BCUT2D eigenvalue weighted by Gasteiger charge is -2.33. The summed E-state index contributed by atoms with van der Waals surface area (Å²) in [5, 5.41) is 9.02. The number of β-amino-alcohol motifs (C(OH)–C–C–N with tert-alkyl or cyclic N) is 1. The average molecular weight is 325 g/mol. The maximum Gasteiger partial charge on any atom is 0.415 e. The summed E-state index contributed by atoms with van der Waals surface area (Å²) in [6.07, 6.45) is -6.55. The van der Waals surface area contributed by atoms with Gasteiger partial charge in [0.05, 0.1) is 0 Å². The third-order valence-corrected chi connectivity index (χ3v) is 3.53. The lowest BCUT2D eigenvalue weighted by Crippen LogP contribution is -2.45. The molecule has 1 aliphatic rings. The number of piperidine rings is 1. The van der Waals surface area contributed by atoms with E-state index in [2.05, 4.69) is 0 Å². The van der Waals surface area contributed by atoms with Gasteiger partial charge in [-0.1, -0.05) is 0 Å².